The van der Waals surface area contributed by atoms with E-state index in [2.05, 4.69) is 0 Å². The van der Waals surface area contributed by atoms with E-state index in [1.165, 1.54) is 0 Å². The molecule has 1 aromatic rings. The van der Waals surface area contributed by atoms with Gasteiger partial charge in [0, 0.05) is 6.07 Å². The molecule has 1 heterocycles. The van der Waals surface area contributed by atoms with E-state index in [1.807, 2.05) is 0 Å². The standard InChI is InChI=1S/C15H20BF3O3/c1-8(2)20-13-10(18)7-9(17)11(12(13)19)16-21-14(3,4)15(5,6)22-16/h7-8H,1-6H3. The maximum atomic E-state index is 14.5. The lowest BCUT2D eigenvalue weighted by Crippen LogP contribution is -2.41. The van der Waals surface area contributed by atoms with Crippen molar-refractivity contribution >= 4 is 12.6 Å². The molecule has 0 radical (unpaired) electrons. The van der Waals surface area contributed by atoms with Crippen LogP contribution in [-0.2, 0) is 9.31 Å². The summed E-state index contributed by atoms with van der Waals surface area (Å²) in [4.78, 5) is 0. The monoisotopic (exact) mass is 316 g/mol. The fourth-order valence-corrected chi connectivity index (χ4v) is 2.11. The van der Waals surface area contributed by atoms with Crippen LogP contribution in [0.3, 0.4) is 0 Å². The van der Waals surface area contributed by atoms with Crippen LogP contribution in [-0.4, -0.2) is 24.4 Å². The van der Waals surface area contributed by atoms with Crippen LogP contribution in [0.25, 0.3) is 0 Å². The molecule has 122 valence electrons. The van der Waals surface area contributed by atoms with E-state index >= 15 is 0 Å². The van der Waals surface area contributed by atoms with Crippen LogP contribution >= 0.6 is 0 Å². The van der Waals surface area contributed by atoms with Crippen molar-refractivity contribution in [3.05, 3.63) is 23.5 Å². The molecule has 22 heavy (non-hydrogen) atoms. The van der Waals surface area contributed by atoms with Crippen LogP contribution in [0.2, 0.25) is 0 Å². The van der Waals surface area contributed by atoms with Crippen LogP contribution in [0.15, 0.2) is 6.07 Å². The summed E-state index contributed by atoms with van der Waals surface area (Å²) in [7, 11) is -1.26. The van der Waals surface area contributed by atoms with E-state index in [9.17, 15) is 13.2 Å². The molecule has 3 nitrogen and oxygen atoms in total. The van der Waals surface area contributed by atoms with Crippen molar-refractivity contribution in [3.8, 4) is 5.75 Å². The molecule has 0 unspecified atom stereocenters. The number of hydrogen-bond donors (Lipinski definition) is 0. The Morgan fingerprint density at radius 3 is 1.95 bits per heavy atom. The van der Waals surface area contributed by atoms with Gasteiger partial charge in [0.1, 0.15) is 5.82 Å². The van der Waals surface area contributed by atoms with Gasteiger partial charge in [0.05, 0.1) is 22.8 Å². The van der Waals surface area contributed by atoms with Gasteiger partial charge >= 0.3 is 7.12 Å². The third-order valence-corrected chi connectivity index (χ3v) is 4.01. The molecule has 1 aromatic carbocycles. The van der Waals surface area contributed by atoms with Crippen molar-refractivity contribution in [3.63, 3.8) is 0 Å². The summed E-state index contributed by atoms with van der Waals surface area (Å²) in [5, 5.41) is 0. The topological polar surface area (TPSA) is 27.7 Å². The van der Waals surface area contributed by atoms with E-state index < -0.39 is 53.1 Å². The van der Waals surface area contributed by atoms with E-state index in [-0.39, 0.29) is 0 Å². The van der Waals surface area contributed by atoms with Gasteiger partial charge in [0.25, 0.3) is 0 Å². The SMILES string of the molecule is CC(C)Oc1c(F)cc(F)c(B2OC(C)(C)C(C)(C)O2)c1F. The van der Waals surface area contributed by atoms with Gasteiger partial charge in [-0.05, 0) is 41.5 Å². The second kappa shape index (κ2) is 5.46. The van der Waals surface area contributed by atoms with Crippen LogP contribution in [0, 0.1) is 17.5 Å². The summed E-state index contributed by atoms with van der Waals surface area (Å²) >= 11 is 0. The highest BCUT2D eigenvalue weighted by Crippen LogP contribution is 2.37. The number of hydrogen-bond acceptors (Lipinski definition) is 3. The Kier molecular flexibility index (Phi) is 4.26. The first-order valence-corrected chi connectivity index (χ1v) is 7.16. The van der Waals surface area contributed by atoms with Gasteiger partial charge in [0.15, 0.2) is 17.4 Å². The van der Waals surface area contributed by atoms with Crippen LogP contribution in [0.4, 0.5) is 13.2 Å². The highest BCUT2D eigenvalue weighted by molar-refractivity contribution is 6.62. The maximum Gasteiger partial charge on any atom is 0.501 e. The zero-order valence-corrected chi connectivity index (χ0v) is 13.6. The van der Waals surface area contributed by atoms with Crippen molar-refractivity contribution in [2.45, 2.75) is 58.8 Å². The first kappa shape index (κ1) is 17.2. The molecule has 0 spiro atoms. The Morgan fingerprint density at radius 1 is 1.00 bits per heavy atom. The molecule has 2 rings (SSSR count). The predicted molar refractivity (Wildman–Crippen MR) is 77.8 cm³/mol. The summed E-state index contributed by atoms with van der Waals surface area (Å²) in [5.74, 6) is -3.92. The lowest BCUT2D eigenvalue weighted by atomic mass is 9.78. The van der Waals surface area contributed by atoms with Gasteiger partial charge < -0.3 is 14.0 Å². The minimum atomic E-state index is -1.26. The van der Waals surface area contributed by atoms with Crippen molar-refractivity contribution < 1.29 is 27.2 Å². The maximum absolute atomic E-state index is 14.5. The van der Waals surface area contributed by atoms with Crippen LogP contribution in [0.1, 0.15) is 41.5 Å². The molecule has 1 aliphatic heterocycles. The number of benzene rings is 1. The lowest BCUT2D eigenvalue weighted by molar-refractivity contribution is 0.00578. The summed E-state index contributed by atoms with van der Waals surface area (Å²) in [6, 6.07) is 0.584. The highest BCUT2D eigenvalue weighted by atomic mass is 19.1. The molecule has 7 heteroatoms. The van der Waals surface area contributed by atoms with Crippen LogP contribution < -0.4 is 10.2 Å². The Labute approximate surface area is 128 Å². The van der Waals surface area contributed by atoms with Gasteiger partial charge in [-0.2, -0.15) is 0 Å². The molecule has 1 saturated heterocycles. The Bertz CT molecular complexity index is 572. The fraction of sp³-hybridized carbons (Fsp3) is 0.600. The zero-order chi connectivity index (χ0) is 16.9. The molecule has 1 fully saturated rings. The quantitative estimate of drug-likeness (QED) is 0.802. The van der Waals surface area contributed by atoms with Gasteiger partial charge in [-0.15, -0.1) is 0 Å². The molecular weight excluding hydrogens is 296 g/mol. The number of ether oxygens (including phenoxy) is 1. The van der Waals surface area contributed by atoms with E-state index in [0.29, 0.717) is 6.07 Å². The average molecular weight is 316 g/mol. The van der Waals surface area contributed by atoms with Gasteiger partial charge in [-0.25, -0.2) is 13.2 Å². The number of rotatable bonds is 3. The molecule has 0 N–H and O–H groups in total. The largest absolute Gasteiger partial charge is 0.501 e. The molecule has 0 bridgehead atoms. The van der Waals surface area contributed by atoms with Crippen molar-refractivity contribution in [1.82, 2.24) is 0 Å². The Hall–Kier alpha value is -1.21. The first-order valence-electron chi connectivity index (χ1n) is 7.16. The molecule has 1 aliphatic rings. The first-order chi connectivity index (χ1) is 9.96. The fourth-order valence-electron chi connectivity index (χ4n) is 2.11. The van der Waals surface area contributed by atoms with Gasteiger partial charge in [-0.1, -0.05) is 0 Å². The third-order valence-electron chi connectivity index (χ3n) is 4.01. The zero-order valence-electron chi connectivity index (χ0n) is 13.6. The summed E-state index contributed by atoms with van der Waals surface area (Å²) in [5.41, 5.74) is -2.00. The second-order valence-corrected chi connectivity index (χ2v) is 6.65. The van der Waals surface area contributed by atoms with Gasteiger partial charge in [-0.3, -0.25) is 0 Å². The lowest BCUT2D eigenvalue weighted by Gasteiger charge is -2.32. The Morgan fingerprint density at radius 2 is 1.50 bits per heavy atom. The smallest absolute Gasteiger partial charge is 0.485 e. The van der Waals surface area contributed by atoms with Crippen molar-refractivity contribution in [2.75, 3.05) is 0 Å². The normalized spacial score (nSPS) is 19.8. The van der Waals surface area contributed by atoms with E-state index in [4.69, 9.17) is 14.0 Å². The molecule has 0 aliphatic carbocycles. The molecular formula is C15H20BF3O3. The summed E-state index contributed by atoms with van der Waals surface area (Å²) in [6.07, 6.45) is -0.458. The third kappa shape index (κ3) is 2.84. The molecule has 0 saturated carbocycles. The Balaban J connectivity index is 2.49. The summed E-state index contributed by atoms with van der Waals surface area (Å²) in [6.45, 7) is 10.3. The van der Waals surface area contributed by atoms with Crippen molar-refractivity contribution in [1.29, 1.82) is 0 Å². The molecule has 0 amide bonds. The predicted octanol–water partition coefficient (Wildman–Crippen LogP) is 3.19. The van der Waals surface area contributed by atoms with E-state index in [1.54, 1.807) is 41.5 Å². The minimum Gasteiger partial charge on any atom is -0.485 e. The molecule has 0 aromatic heterocycles. The second-order valence-electron chi connectivity index (χ2n) is 6.65. The average Bonchev–Trinajstić information content (AvgIpc) is 2.53. The highest BCUT2D eigenvalue weighted by Gasteiger charge is 2.53. The molecule has 0 atom stereocenters. The number of halogens is 3. The minimum absolute atomic E-state index is 0.458. The van der Waals surface area contributed by atoms with E-state index in [0.717, 1.165) is 0 Å². The van der Waals surface area contributed by atoms with Crippen molar-refractivity contribution in [2.24, 2.45) is 0 Å². The van der Waals surface area contributed by atoms with Crippen LogP contribution in [0.5, 0.6) is 5.75 Å². The summed E-state index contributed by atoms with van der Waals surface area (Å²) < 4.78 is 58.8. The van der Waals surface area contributed by atoms with Gasteiger partial charge in [0.2, 0.25) is 0 Å².